The minimum absolute atomic E-state index is 0.236. The van der Waals surface area contributed by atoms with E-state index in [1.165, 1.54) is 12.8 Å². The molecule has 0 heterocycles. The first-order chi connectivity index (χ1) is 8.20. The van der Waals surface area contributed by atoms with Gasteiger partial charge in [0.1, 0.15) is 17.4 Å². The van der Waals surface area contributed by atoms with E-state index in [1.807, 2.05) is 12.1 Å². The molecule has 2 rings (SSSR count). The van der Waals surface area contributed by atoms with Gasteiger partial charge in [0.05, 0.1) is 11.8 Å². The fourth-order valence-electron chi connectivity index (χ4n) is 2.29. The van der Waals surface area contributed by atoms with Gasteiger partial charge in [0.2, 0.25) is 0 Å². The summed E-state index contributed by atoms with van der Waals surface area (Å²) < 4.78 is 5.90. The quantitative estimate of drug-likeness (QED) is 0.794. The molecule has 1 fully saturated rings. The maximum Gasteiger partial charge on any atom is 0.139 e. The summed E-state index contributed by atoms with van der Waals surface area (Å²) in [6, 6.07) is 7.50. The zero-order valence-corrected chi connectivity index (χ0v) is 10.1. The number of anilines is 1. The highest BCUT2D eigenvalue weighted by Crippen LogP contribution is 2.30. The van der Waals surface area contributed by atoms with E-state index >= 15 is 0 Å². The highest BCUT2D eigenvalue weighted by atomic mass is 16.5. The van der Waals surface area contributed by atoms with E-state index in [4.69, 9.17) is 15.7 Å². The molecule has 0 atom stereocenters. The molecule has 0 saturated heterocycles. The summed E-state index contributed by atoms with van der Waals surface area (Å²) in [5.74, 6) is 1.43. The molecule has 1 saturated carbocycles. The zero-order valence-electron chi connectivity index (χ0n) is 10.1. The van der Waals surface area contributed by atoms with Crippen LogP contribution in [0, 0.1) is 17.2 Å². The third kappa shape index (κ3) is 2.71. The van der Waals surface area contributed by atoms with Gasteiger partial charge in [0.15, 0.2) is 0 Å². The third-order valence-electron chi connectivity index (χ3n) is 3.43. The highest BCUT2D eigenvalue weighted by molar-refractivity contribution is 5.60. The van der Waals surface area contributed by atoms with Crippen molar-refractivity contribution in [2.45, 2.75) is 38.7 Å². The number of ether oxygens (including phenoxy) is 1. The molecule has 1 aliphatic rings. The molecule has 0 aliphatic heterocycles. The number of nitrogens with two attached hydrogens (primary N) is 1. The fourth-order valence-corrected chi connectivity index (χ4v) is 2.29. The van der Waals surface area contributed by atoms with Crippen LogP contribution < -0.4 is 10.5 Å². The van der Waals surface area contributed by atoms with Crippen LogP contribution in [0.2, 0.25) is 0 Å². The van der Waals surface area contributed by atoms with Crippen molar-refractivity contribution in [1.29, 1.82) is 5.26 Å². The Bertz CT molecular complexity index is 428. The number of hydrogen-bond donors (Lipinski definition) is 1. The Morgan fingerprint density at radius 3 is 2.65 bits per heavy atom. The van der Waals surface area contributed by atoms with Gasteiger partial charge < -0.3 is 10.5 Å². The minimum Gasteiger partial charge on any atom is -0.489 e. The van der Waals surface area contributed by atoms with E-state index in [0.717, 1.165) is 18.8 Å². The van der Waals surface area contributed by atoms with Gasteiger partial charge >= 0.3 is 0 Å². The summed E-state index contributed by atoms with van der Waals surface area (Å²) >= 11 is 0. The molecule has 0 bridgehead atoms. The predicted molar refractivity (Wildman–Crippen MR) is 67.6 cm³/mol. The van der Waals surface area contributed by atoms with E-state index in [1.54, 1.807) is 6.07 Å². The van der Waals surface area contributed by atoms with Crippen molar-refractivity contribution in [2.75, 3.05) is 5.73 Å². The van der Waals surface area contributed by atoms with Gasteiger partial charge in [-0.25, -0.2) is 0 Å². The van der Waals surface area contributed by atoms with Crippen LogP contribution in [0.1, 0.15) is 38.2 Å². The smallest absolute Gasteiger partial charge is 0.139 e. The molecule has 1 aromatic rings. The first-order valence-corrected chi connectivity index (χ1v) is 6.16. The lowest BCUT2D eigenvalue weighted by Gasteiger charge is -2.27. The second kappa shape index (κ2) is 5.09. The Hall–Kier alpha value is -1.69. The van der Waals surface area contributed by atoms with Crippen molar-refractivity contribution < 1.29 is 4.74 Å². The summed E-state index contributed by atoms with van der Waals surface area (Å²) in [5.41, 5.74) is 6.72. The normalized spacial score (nSPS) is 24.0. The molecular weight excluding hydrogens is 212 g/mol. The van der Waals surface area contributed by atoms with E-state index in [0.29, 0.717) is 17.0 Å². The third-order valence-corrected chi connectivity index (χ3v) is 3.43. The van der Waals surface area contributed by atoms with Crippen LogP contribution >= 0.6 is 0 Å². The monoisotopic (exact) mass is 230 g/mol. The molecule has 0 amide bonds. The summed E-state index contributed by atoms with van der Waals surface area (Å²) in [7, 11) is 0. The Labute approximate surface area is 102 Å². The van der Waals surface area contributed by atoms with Crippen molar-refractivity contribution in [3.05, 3.63) is 23.8 Å². The molecule has 0 spiro atoms. The molecule has 90 valence electrons. The number of rotatable bonds is 2. The summed E-state index contributed by atoms with van der Waals surface area (Å²) in [6.07, 6.45) is 4.78. The Morgan fingerprint density at radius 1 is 1.29 bits per heavy atom. The maximum absolute atomic E-state index is 9.06. The van der Waals surface area contributed by atoms with Crippen molar-refractivity contribution in [2.24, 2.45) is 5.92 Å². The highest BCUT2D eigenvalue weighted by Gasteiger charge is 2.20. The topological polar surface area (TPSA) is 59.0 Å². The Balaban J connectivity index is 2.09. The van der Waals surface area contributed by atoms with Gasteiger partial charge in [-0.05, 0) is 43.7 Å². The molecule has 1 aliphatic carbocycles. The lowest BCUT2D eigenvalue weighted by Crippen LogP contribution is -2.23. The summed E-state index contributed by atoms with van der Waals surface area (Å²) in [5, 5.41) is 9.06. The van der Waals surface area contributed by atoms with Crippen LogP contribution in [0.5, 0.6) is 5.75 Å². The van der Waals surface area contributed by atoms with Crippen LogP contribution in [0.25, 0.3) is 0 Å². The van der Waals surface area contributed by atoms with Crippen LogP contribution in [-0.4, -0.2) is 6.10 Å². The van der Waals surface area contributed by atoms with Gasteiger partial charge in [-0.1, -0.05) is 13.0 Å². The Morgan fingerprint density at radius 2 is 2.00 bits per heavy atom. The number of nitrogens with zero attached hydrogens (tertiary/aromatic N) is 1. The van der Waals surface area contributed by atoms with Crippen molar-refractivity contribution in [3.63, 3.8) is 0 Å². The molecule has 1 aromatic carbocycles. The van der Waals surface area contributed by atoms with Crippen molar-refractivity contribution in [1.82, 2.24) is 0 Å². The Kier molecular flexibility index (Phi) is 3.53. The molecule has 0 radical (unpaired) electrons. The lowest BCUT2D eigenvalue weighted by atomic mass is 9.89. The number of nitrogen functional groups attached to an aromatic ring is 1. The van der Waals surface area contributed by atoms with Crippen LogP contribution in [-0.2, 0) is 0 Å². The van der Waals surface area contributed by atoms with E-state index in [2.05, 4.69) is 13.0 Å². The number of hydrogen-bond acceptors (Lipinski definition) is 3. The fraction of sp³-hybridized carbons (Fsp3) is 0.500. The molecule has 3 heteroatoms. The summed E-state index contributed by atoms with van der Waals surface area (Å²) in [4.78, 5) is 0. The van der Waals surface area contributed by atoms with Gasteiger partial charge in [-0.15, -0.1) is 0 Å². The first-order valence-electron chi connectivity index (χ1n) is 6.16. The lowest BCUT2D eigenvalue weighted by molar-refractivity contribution is 0.135. The summed E-state index contributed by atoms with van der Waals surface area (Å²) in [6.45, 7) is 2.28. The van der Waals surface area contributed by atoms with E-state index in [9.17, 15) is 0 Å². The van der Waals surface area contributed by atoms with Crippen LogP contribution in [0.4, 0.5) is 5.69 Å². The SMILES string of the molecule is CC1CCC(Oc2cccc(N)c2C#N)CC1. The number of benzene rings is 1. The molecule has 17 heavy (non-hydrogen) atoms. The first kappa shape index (κ1) is 11.8. The van der Waals surface area contributed by atoms with E-state index in [-0.39, 0.29) is 6.10 Å². The van der Waals surface area contributed by atoms with Gasteiger partial charge in [-0.2, -0.15) is 5.26 Å². The van der Waals surface area contributed by atoms with Gasteiger partial charge in [0, 0.05) is 0 Å². The molecular formula is C14H18N2O. The second-order valence-corrected chi connectivity index (χ2v) is 4.83. The molecule has 0 aromatic heterocycles. The van der Waals surface area contributed by atoms with Crippen molar-refractivity contribution >= 4 is 5.69 Å². The van der Waals surface area contributed by atoms with Crippen molar-refractivity contribution in [3.8, 4) is 11.8 Å². The molecule has 2 N–H and O–H groups in total. The van der Waals surface area contributed by atoms with Crippen LogP contribution in [0.15, 0.2) is 18.2 Å². The van der Waals surface area contributed by atoms with Gasteiger partial charge in [0.25, 0.3) is 0 Å². The number of nitriles is 1. The zero-order chi connectivity index (χ0) is 12.3. The standard InChI is InChI=1S/C14H18N2O/c1-10-5-7-11(8-6-10)17-14-4-2-3-13(16)12(14)9-15/h2-4,10-11H,5-8,16H2,1H3. The molecule has 0 unspecified atom stereocenters. The largest absolute Gasteiger partial charge is 0.489 e. The predicted octanol–water partition coefficient (Wildman–Crippen LogP) is 3.10. The minimum atomic E-state index is 0.236. The maximum atomic E-state index is 9.06. The molecule has 3 nitrogen and oxygen atoms in total. The second-order valence-electron chi connectivity index (χ2n) is 4.83. The average Bonchev–Trinajstić information content (AvgIpc) is 2.32. The van der Waals surface area contributed by atoms with Gasteiger partial charge in [-0.3, -0.25) is 0 Å². The van der Waals surface area contributed by atoms with Crippen LogP contribution in [0.3, 0.4) is 0 Å². The van der Waals surface area contributed by atoms with E-state index < -0.39 is 0 Å². The average molecular weight is 230 g/mol.